The van der Waals surface area contributed by atoms with Crippen molar-refractivity contribution < 1.29 is 8.42 Å². The molecule has 0 bridgehead atoms. The highest BCUT2D eigenvalue weighted by atomic mass is 32.2. The van der Waals surface area contributed by atoms with Crippen LogP contribution >= 0.6 is 11.3 Å². The van der Waals surface area contributed by atoms with E-state index in [4.69, 9.17) is 0 Å². The average Bonchev–Trinajstić information content (AvgIpc) is 2.79. The lowest BCUT2D eigenvalue weighted by atomic mass is 10.2. The van der Waals surface area contributed by atoms with E-state index in [0.717, 1.165) is 42.8 Å². The van der Waals surface area contributed by atoms with Gasteiger partial charge in [-0.3, -0.25) is 0 Å². The van der Waals surface area contributed by atoms with Crippen LogP contribution in [0.25, 0.3) is 0 Å². The highest BCUT2D eigenvalue weighted by Crippen LogP contribution is 2.26. The SMILES string of the molecule is CCCNCc1sc(S(=O)(=O)NC(CC)CC)cc1C. The number of rotatable bonds is 9. The molecule has 6 heteroatoms. The van der Waals surface area contributed by atoms with E-state index in [1.165, 1.54) is 11.3 Å². The lowest BCUT2D eigenvalue weighted by Crippen LogP contribution is -2.33. The van der Waals surface area contributed by atoms with E-state index in [0.29, 0.717) is 4.21 Å². The van der Waals surface area contributed by atoms with Crippen LogP contribution in [-0.4, -0.2) is 21.0 Å². The Morgan fingerprint density at radius 2 is 1.90 bits per heavy atom. The van der Waals surface area contributed by atoms with Crippen molar-refractivity contribution in [3.8, 4) is 0 Å². The number of aryl methyl sites for hydroxylation is 1. The van der Waals surface area contributed by atoms with E-state index in [9.17, 15) is 8.42 Å². The lowest BCUT2D eigenvalue weighted by molar-refractivity contribution is 0.531. The van der Waals surface area contributed by atoms with E-state index < -0.39 is 10.0 Å². The molecular formula is C14H26N2O2S2. The molecule has 0 fully saturated rings. The van der Waals surface area contributed by atoms with Crippen LogP contribution in [0.2, 0.25) is 0 Å². The molecule has 1 aromatic heterocycles. The summed E-state index contributed by atoms with van der Waals surface area (Å²) in [5.41, 5.74) is 1.04. The summed E-state index contributed by atoms with van der Waals surface area (Å²) >= 11 is 1.37. The first-order valence-electron chi connectivity index (χ1n) is 7.26. The largest absolute Gasteiger partial charge is 0.312 e. The topological polar surface area (TPSA) is 58.2 Å². The van der Waals surface area contributed by atoms with Crippen LogP contribution in [0.3, 0.4) is 0 Å². The zero-order valence-electron chi connectivity index (χ0n) is 12.8. The minimum atomic E-state index is -3.38. The third kappa shape index (κ3) is 4.84. The van der Waals surface area contributed by atoms with Gasteiger partial charge >= 0.3 is 0 Å². The van der Waals surface area contributed by atoms with E-state index in [-0.39, 0.29) is 6.04 Å². The average molecular weight is 319 g/mol. The molecule has 0 amide bonds. The third-order valence-corrected chi connectivity index (χ3v) is 6.51. The van der Waals surface area contributed by atoms with Crippen molar-refractivity contribution in [1.82, 2.24) is 10.0 Å². The van der Waals surface area contributed by atoms with Gasteiger partial charge in [-0.15, -0.1) is 11.3 Å². The summed E-state index contributed by atoms with van der Waals surface area (Å²) in [6.45, 7) is 9.77. The molecule has 0 unspecified atom stereocenters. The normalized spacial score (nSPS) is 12.2. The van der Waals surface area contributed by atoms with E-state index in [1.54, 1.807) is 6.07 Å². The van der Waals surface area contributed by atoms with Crippen LogP contribution in [0.5, 0.6) is 0 Å². The Labute approximate surface area is 127 Å². The van der Waals surface area contributed by atoms with Crippen LogP contribution in [0, 0.1) is 6.92 Å². The van der Waals surface area contributed by atoms with E-state index >= 15 is 0 Å². The summed E-state index contributed by atoms with van der Waals surface area (Å²) in [4.78, 5) is 1.10. The second-order valence-electron chi connectivity index (χ2n) is 4.98. The third-order valence-electron chi connectivity index (χ3n) is 3.28. The Morgan fingerprint density at radius 1 is 1.25 bits per heavy atom. The van der Waals surface area contributed by atoms with Gasteiger partial charge in [-0.25, -0.2) is 13.1 Å². The molecule has 0 atom stereocenters. The van der Waals surface area contributed by atoms with Crippen molar-refractivity contribution in [1.29, 1.82) is 0 Å². The molecular weight excluding hydrogens is 292 g/mol. The fraction of sp³-hybridized carbons (Fsp3) is 0.714. The lowest BCUT2D eigenvalue weighted by Gasteiger charge is -2.13. The van der Waals surface area contributed by atoms with Gasteiger partial charge in [0, 0.05) is 17.5 Å². The molecule has 0 aliphatic rings. The predicted molar refractivity (Wildman–Crippen MR) is 85.7 cm³/mol. The molecule has 0 radical (unpaired) electrons. The highest BCUT2D eigenvalue weighted by Gasteiger charge is 2.21. The van der Waals surface area contributed by atoms with Crippen molar-refractivity contribution in [2.75, 3.05) is 6.54 Å². The molecule has 0 spiro atoms. The summed E-state index contributed by atoms with van der Waals surface area (Å²) in [6, 6.07) is 1.79. The molecule has 116 valence electrons. The number of thiophene rings is 1. The fourth-order valence-corrected chi connectivity index (χ4v) is 4.89. The standard InChI is InChI=1S/C14H26N2O2S2/c1-5-8-15-10-13-11(4)9-14(19-13)20(17,18)16-12(6-2)7-3/h9,12,15-16H,5-8,10H2,1-4H3. The Balaban J connectivity index is 2.83. The molecule has 20 heavy (non-hydrogen) atoms. The van der Waals surface area contributed by atoms with E-state index in [1.807, 2.05) is 20.8 Å². The molecule has 0 aliphatic heterocycles. The second-order valence-corrected chi connectivity index (χ2v) is 8.06. The van der Waals surface area contributed by atoms with Crippen LogP contribution in [0.4, 0.5) is 0 Å². The van der Waals surface area contributed by atoms with Crippen molar-refractivity contribution in [2.45, 2.75) is 63.8 Å². The molecule has 0 saturated heterocycles. The van der Waals surface area contributed by atoms with E-state index in [2.05, 4.69) is 17.0 Å². The maximum absolute atomic E-state index is 12.3. The van der Waals surface area contributed by atoms with Gasteiger partial charge in [0.25, 0.3) is 0 Å². The minimum Gasteiger partial charge on any atom is -0.312 e. The molecule has 4 nitrogen and oxygen atoms in total. The highest BCUT2D eigenvalue weighted by molar-refractivity contribution is 7.91. The molecule has 0 aliphatic carbocycles. The predicted octanol–water partition coefficient (Wildman–Crippen LogP) is 3.02. The summed E-state index contributed by atoms with van der Waals surface area (Å²) in [5, 5.41) is 3.32. The van der Waals surface area contributed by atoms with Crippen molar-refractivity contribution >= 4 is 21.4 Å². The fourth-order valence-electron chi connectivity index (χ4n) is 1.91. The van der Waals surface area contributed by atoms with Gasteiger partial charge in [-0.05, 0) is 44.4 Å². The number of sulfonamides is 1. The van der Waals surface area contributed by atoms with Gasteiger partial charge in [0.2, 0.25) is 10.0 Å². The van der Waals surface area contributed by atoms with Gasteiger partial charge in [-0.1, -0.05) is 20.8 Å². The van der Waals surface area contributed by atoms with Crippen molar-refractivity contribution in [2.24, 2.45) is 0 Å². The molecule has 1 rings (SSSR count). The van der Waals surface area contributed by atoms with Gasteiger partial charge in [0.05, 0.1) is 0 Å². The quantitative estimate of drug-likeness (QED) is 0.688. The van der Waals surface area contributed by atoms with Crippen LogP contribution in [0.1, 0.15) is 50.5 Å². The Bertz CT molecular complexity index is 505. The summed E-state index contributed by atoms with van der Waals surface area (Å²) < 4.78 is 27.9. The van der Waals surface area contributed by atoms with Crippen LogP contribution in [-0.2, 0) is 16.6 Å². The van der Waals surface area contributed by atoms with Crippen LogP contribution in [0.15, 0.2) is 10.3 Å². The first kappa shape index (κ1) is 17.6. The molecule has 2 N–H and O–H groups in total. The summed E-state index contributed by atoms with van der Waals surface area (Å²) in [6.07, 6.45) is 2.70. The number of nitrogens with one attached hydrogen (secondary N) is 2. The maximum atomic E-state index is 12.3. The first-order chi connectivity index (χ1) is 9.44. The maximum Gasteiger partial charge on any atom is 0.250 e. The van der Waals surface area contributed by atoms with Gasteiger partial charge in [0.1, 0.15) is 4.21 Å². The zero-order chi connectivity index (χ0) is 15.2. The number of hydrogen-bond acceptors (Lipinski definition) is 4. The van der Waals surface area contributed by atoms with Crippen molar-refractivity contribution in [3.05, 3.63) is 16.5 Å². The summed E-state index contributed by atoms with van der Waals surface area (Å²) in [7, 11) is -3.38. The summed E-state index contributed by atoms with van der Waals surface area (Å²) in [5.74, 6) is 0. The number of hydrogen-bond donors (Lipinski definition) is 2. The second kappa shape index (κ2) is 8.12. The minimum absolute atomic E-state index is 0.0177. The zero-order valence-corrected chi connectivity index (χ0v) is 14.5. The van der Waals surface area contributed by atoms with Gasteiger partial charge < -0.3 is 5.32 Å². The smallest absolute Gasteiger partial charge is 0.250 e. The van der Waals surface area contributed by atoms with Crippen molar-refractivity contribution in [3.63, 3.8) is 0 Å². The Morgan fingerprint density at radius 3 is 2.45 bits per heavy atom. The van der Waals surface area contributed by atoms with Gasteiger partial charge in [-0.2, -0.15) is 0 Å². The molecule has 1 aromatic rings. The molecule has 1 heterocycles. The molecule has 0 aromatic carbocycles. The van der Waals surface area contributed by atoms with Crippen LogP contribution < -0.4 is 10.0 Å². The monoisotopic (exact) mass is 318 g/mol. The Hall–Kier alpha value is -0.430. The Kier molecular flexibility index (Phi) is 7.15. The molecule has 0 saturated carbocycles. The first-order valence-corrected chi connectivity index (χ1v) is 9.56. The van der Waals surface area contributed by atoms with Gasteiger partial charge in [0.15, 0.2) is 0 Å².